The Labute approximate surface area is 194 Å². The maximum absolute atomic E-state index is 12.9. The molecular weight excluding hydrogens is 475 g/mol. The summed E-state index contributed by atoms with van der Waals surface area (Å²) < 4.78 is 35.6. The minimum atomic E-state index is -4.47. The summed E-state index contributed by atoms with van der Waals surface area (Å²) in [6.07, 6.45) is -0.145. The molecule has 3 rings (SSSR count). The van der Waals surface area contributed by atoms with Gasteiger partial charge in [0, 0.05) is 19.5 Å². The zero-order valence-corrected chi connectivity index (χ0v) is 19.5. The van der Waals surface area contributed by atoms with E-state index in [9.17, 15) is 24.2 Å². The minimum absolute atomic E-state index is 0.146. The van der Waals surface area contributed by atoms with Crippen molar-refractivity contribution in [3.8, 4) is 0 Å². The molecule has 0 aliphatic carbocycles. The molecular formula is C18H27N6O9P. The lowest BCUT2D eigenvalue weighted by Crippen LogP contribution is -2.31. The van der Waals surface area contributed by atoms with Gasteiger partial charge < -0.3 is 29.9 Å². The van der Waals surface area contributed by atoms with Crippen LogP contribution in [0.4, 0.5) is 5.82 Å². The fraction of sp³-hybridized carbons (Fsp3) is 0.611. The molecule has 0 bridgehead atoms. The maximum Gasteiger partial charge on any atom is 0.405 e. The number of methoxy groups -OCH3 is 2. The zero-order valence-electron chi connectivity index (χ0n) is 18.6. The molecule has 2 aromatic rings. The van der Waals surface area contributed by atoms with E-state index in [1.165, 1.54) is 26.9 Å². The Kier molecular flexibility index (Phi) is 8.52. The van der Waals surface area contributed by atoms with Crippen LogP contribution in [-0.4, -0.2) is 92.3 Å². The molecule has 1 fully saturated rings. The smallest absolute Gasteiger partial charge is 0.405 e. The number of carbonyl (C=O) groups is 2. The predicted molar refractivity (Wildman–Crippen MR) is 115 cm³/mol. The van der Waals surface area contributed by atoms with Gasteiger partial charge in [-0.1, -0.05) is 0 Å². The van der Waals surface area contributed by atoms with Gasteiger partial charge in [0.1, 0.15) is 24.2 Å². The van der Waals surface area contributed by atoms with Gasteiger partial charge in [0.2, 0.25) is 0 Å². The predicted octanol–water partition coefficient (Wildman–Crippen LogP) is -0.398. The molecule has 3 heterocycles. The number of fused-ring (bicyclic) bond motifs is 1. The first-order valence-corrected chi connectivity index (χ1v) is 11.8. The molecule has 1 unspecified atom stereocenters. The lowest BCUT2D eigenvalue weighted by molar-refractivity contribution is -0.140. The van der Waals surface area contributed by atoms with Crippen LogP contribution in [0.2, 0.25) is 0 Å². The SMILES string of the molecule is COC(=O)CCN(CCC(=O)OC)P(=O)(O)OC[C@H]1O[C@@H](n2cnc3c(N)ncnc32)C[C@@H]1O. The third-order valence-electron chi connectivity index (χ3n) is 5.27. The second-order valence-electron chi connectivity index (χ2n) is 7.41. The number of hydrogen-bond donors (Lipinski definition) is 3. The van der Waals surface area contributed by atoms with E-state index in [2.05, 4.69) is 24.4 Å². The number of hydrogen-bond acceptors (Lipinski definition) is 12. The first-order chi connectivity index (χ1) is 16.2. The third-order valence-corrected chi connectivity index (χ3v) is 6.87. The number of carbonyl (C=O) groups excluding carboxylic acids is 2. The van der Waals surface area contributed by atoms with Gasteiger partial charge in [-0.3, -0.25) is 18.7 Å². The average Bonchev–Trinajstić information content (AvgIpc) is 3.41. The van der Waals surface area contributed by atoms with Gasteiger partial charge in [-0.2, -0.15) is 0 Å². The molecule has 188 valence electrons. The Bertz CT molecular complexity index is 1050. The Morgan fingerprint density at radius 2 is 1.88 bits per heavy atom. The summed E-state index contributed by atoms with van der Waals surface area (Å²) in [6, 6.07) is 0. The molecule has 1 aliphatic rings. The van der Waals surface area contributed by atoms with Crippen molar-refractivity contribution in [2.75, 3.05) is 39.6 Å². The summed E-state index contributed by atoms with van der Waals surface area (Å²) in [5.41, 5.74) is 6.59. The number of anilines is 1. The van der Waals surface area contributed by atoms with E-state index in [4.69, 9.17) is 15.0 Å². The highest BCUT2D eigenvalue weighted by Gasteiger charge is 2.39. The number of nitrogens with zero attached hydrogens (tertiary/aromatic N) is 5. The van der Waals surface area contributed by atoms with Crippen LogP contribution >= 0.6 is 7.75 Å². The van der Waals surface area contributed by atoms with Gasteiger partial charge in [-0.05, 0) is 0 Å². The summed E-state index contributed by atoms with van der Waals surface area (Å²) >= 11 is 0. The van der Waals surface area contributed by atoms with Gasteiger partial charge in [0.05, 0.1) is 46.1 Å². The zero-order chi connectivity index (χ0) is 24.9. The third kappa shape index (κ3) is 6.05. The molecule has 0 amide bonds. The number of imidazole rings is 1. The van der Waals surface area contributed by atoms with E-state index >= 15 is 0 Å². The molecule has 16 heteroatoms. The van der Waals surface area contributed by atoms with Crippen LogP contribution < -0.4 is 5.73 Å². The fourth-order valence-electron chi connectivity index (χ4n) is 3.38. The number of nitrogens with two attached hydrogens (primary N) is 1. The van der Waals surface area contributed by atoms with Crippen molar-refractivity contribution >= 4 is 36.7 Å². The second kappa shape index (κ2) is 11.2. The summed E-state index contributed by atoms with van der Waals surface area (Å²) in [6.45, 7) is -0.825. The van der Waals surface area contributed by atoms with Gasteiger partial charge in [0.25, 0.3) is 0 Å². The summed E-state index contributed by atoms with van der Waals surface area (Å²) in [4.78, 5) is 45.6. The van der Waals surface area contributed by atoms with E-state index in [0.717, 1.165) is 4.67 Å². The number of aromatic nitrogens is 4. The normalized spacial score (nSPS) is 22.1. The molecule has 4 N–H and O–H groups in total. The number of ether oxygens (including phenoxy) is 3. The summed E-state index contributed by atoms with van der Waals surface area (Å²) in [5, 5.41) is 10.4. The average molecular weight is 502 g/mol. The highest BCUT2D eigenvalue weighted by molar-refractivity contribution is 7.50. The Morgan fingerprint density at radius 3 is 2.50 bits per heavy atom. The van der Waals surface area contributed by atoms with Crippen LogP contribution in [-0.2, 0) is 32.9 Å². The van der Waals surface area contributed by atoms with Gasteiger partial charge >= 0.3 is 19.7 Å². The van der Waals surface area contributed by atoms with Gasteiger partial charge in [-0.25, -0.2) is 24.2 Å². The number of aliphatic hydroxyl groups excluding tert-OH is 1. The lowest BCUT2D eigenvalue weighted by atomic mass is 10.2. The van der Waals surface area contributed by atoms with E-state index in [1.54, 1.807) is 4.57 Å². The molecule has 0 radical (unpaired) electrons. The van der Waals surface area contributed by atoms with Crippen molar-refractivity contribution in [1.82, 2.24) is 24.2 Å². The van der Waals surface area contributed by atoms with E-state index in [0.29, 0.717) is 11.2 Å². The van der Waals surface area contributed by atoms with Crippen LogP contribution in [0.25, 0.3) is 11.2 Å². The first kappa shape index (κ1) is 25.9. The largest absolute Gasteiger partial charge is 0.469 e. The van der Waals surface area contributed by atoms with E-state index in [-0.39, 0.29) is 38.2 Å². The molecule has 4 atom stereocenters. The van der Waals surface area contributed by atoms with Crippen LogP contribution in [0.3, 0.4) is 0 Å². The fourth-order valence-corrected chi connectivity index (χ4v) is 4.59. The molecule has 34 heavy (non-hydrogen) atoms. The van der Waals surface area contributed by atoms with Crippen molar-refractivity contribution in [2.45, 2.75) is 37.7 Å². The quantitative estimate of drug-likeness (QED) is 0.264. The minimum Gasteiger partial charge on any atom is -0.469 e. The number of nitrogen functional groups attached to an aromatic ring is 1. The highest BCUT2D eigenvalue weighted by Crippen LogP contribution is 2.47. The topological polar surface area (TPSA) is 201 Å². The van der Waals surface area contributed by atoms with Gasteiger partial charge in [0.15, 0.2) is 11.5 Å². The van der Waals surface area contributed by atoms with Crippen LogP contribution in [0.5, 0.6) is 0 Å². The molecule has 0 saturated carbocycles. The number of aliphatic hydroxyl groups is 1. The Hall–Kier alpha value is -2.68. The Balaban J connectivity index is 1.64. The summed E-state index contributed by atoms with van der Waals surface area (Å²) in [7, 11) is -2.09. The number of esters is 2. The molecule has 2 aromatic heterocycles. The number of rotatable bonds is 11. The molecule has 0 spiro atoms. The Morgan fingerprint density at radius 1 is 1.24 bits per heavy atom. The lowest BCUT2D eigenvalue weighted by Gasteiger charge is -2.27. The van der Waals surface area contributed by atoms with Crippen LogP contribution in [0, 0.1) is 0 Å². The highest BCUT2D eigenvalue weighted by atomic mass is 31.2. The monoisotopic (exact) mass is 502 g/mol. The van der Waals surface area contributed by atoms with Crippen molar-refractivity contribution in [1.29, 1.82) is 0 Å². The van der Waals surface area contributed by atoms with Crippen molar-refractivity contribution in [2.24, 2.45) is 0 Å². The van der Waals surface area contributed by atoms with Gasteiger partial charge in [-0.15, -0.1) is 0 Å². The first-order valence-electron chi connectivity index (χ1n) is 10.3. The molecule has 1 aliphatic heterocycles. The molecule has 0 aromatic carbocycles. The second-order valence-corrected chi connectivity index (χ2v) is 9.21. The molecule has 1 saturated heterocycles. The molecule has 15 nitrogen and oxygen atoms in total. The standard InChI is InChI=1S/C18H27N6O9P/c1-30-14(26)3-5-23(6-4-15(27)31-2)34(28,29)32-8-12-11(25)7-13(33-12)24-10-22-16-17(19)20-9-21-18(16)24/h9-13,25H,3-8H2,1-2H3,(H,28,29)(H2,19,20,21)/t11-,12+,13+/m0/s1. The summed E-state index contributed by atoms with van der Waals surface area (Å²) in [5.74, 6) is -1.00. The maximum atomic E-state index is 12.9. The van der Waals surface area contributed by atoms with E-state index in [1.807, 2.05) is 0 Å². The van der Waals surface area contributed by atoms with Crippen molar-refractivity contribution in [3.05, 3.63) is 12.7 Å². The van der Waals surface area contributed by atoms with Crippen LogP contribution in [0.15, 0.2) is 12.7 Å². The van der Waals surface area contributed by atoms with E-state index < -0.39 is 44.7 Å². The van der Waals surface area contributed by atoms with Crippen LogP contribution in [0.1, 0.15) is 25.5 Å². The van der Waals surface area contributed by atoms with Crippen molar-refractivity contribution in [3.63, 3.8) is 0 Å². The van der Waals surface area contributed by atoms with Crippen molar-refractivity contribution < 1.29 is 42.9 Å².